The Morgan fingerprint density at radius 1 is 0.582 bits per heavy atom. The van der Waals surface area contributed by atoms with E-state index >= 15 is 0 Å². The van der Waals surface area contributed by atoms with Crippen LogP contribution in [0.2, 0.25) is 0 Å². The van der Waals surface area contributed by atoms with Gasteiger partial charge in [-0.25, -0.2) is 4.79 Å². The van der Waals surface area contributed by atoms with Crippen LogP contribution in [0, 0.1) is 0 Å². The number of hydrogen-bond donors (Lipinski definition) is 1. The molecule has 6 aliphatic rings. The molecule has 2 aromatic heterocycles. The van der Waals surface area contributed by atoms with Gasteiger partial charge in [0.05, 0.1) is 69.7 Å². The van der Waals surface area contributed by atoms with Crippen LogP contribution in [0.4, 0.5) is 16.6 Å². The molecular formula is C49H62N6O12. The van der Waals surface area contributed by atoms with Crippen LogP contribution in [0.15, 0.2) is 54.8 Å². The predicted octanol–water partition coefficient (Wildman–Crippen LogP) is 4.70. The van der Waals surface area contributed by atoms with Gasteiger partial charge in [-0.15, -0.1) is 0 Å². The molecule has 3 amide bonds. The van der Waals surface area contributed by atoms with Gasteiger partial charge < -0.3 is 62.3 Å². The van der Waals surface area contributed by atoms with Crippen LogP contribution in [0.1, 0.15) is 90.4 Å². The Morgan fingerprint density at radius 3 is 1.51 bits per heavy atom. The molecule has 18 nitrogen and oxygen atoms in total. The van der Waals surface area contributed by atoms with Crippen LogP contribution in [-0.4, -0.2) is 157 Å². The molecule has 2 atom stereocenters. The lowest BCUT2D eigenvalue weighted by atomic mass is 9.97. The molecule has 8 heterocycles. The van der Waals surface area contributed by atoms with Gasteiger partial charge in [0.25, 0.3) is 11.8 Å². The number of morpholine rings is 4. The first-order valence-corrected chi connectivity index (χ1v) is 23.8. The molecule has 6 saturated heterocycles. The molecule has 2 unspecified atom stereocenters. The highest BCUT2D eigenvalue weighted by Crippen LogP contribution is 2.39. The Bertz CT molecular complexity index is 2560. The Labute approximate surface area is 388 Å². The van der Waals surface area contributed by atoms with E-state index in [1.54, 1.807) is 39.0 Å². The number of anilines is 2. The molecule has 67 heavy (non-hydrogen) atoms. The van der Waals surface area contributed by atoms with Crippen molar-refractivity contribution in [1.82, 2.24) is 20.0 Å². The average molecular weight is 927 g/mol. The van der Waals surface area contributed by atoms with Crippen molar-refractivity contribution in [2.45, 2.75) is 64.1 Å². The maximum Gasteiger partial charge on any atom is 0.410 e. The largest absolute Gasteiger partial charge is 0.444 e. The summed E-state index contributed by atoms with van der Waals surface area (Å²) in [6, 6.07) is 9.75. The van der Waals surface area contributed by atoms with Crippen LogP contribution >= 0.6 is 0 Å². The van der Waals surface area contributed by atoms with E-state index in [4.69, 9.17) is 32.5 Å². The highest BCUT2D eigenvalue weighted by atomic mass is 16.6. The number of nitrogens with one attached hydrogen (secondary N) is 1. The molecule has 0 spiro atoms. The first kappa shape index (κ1) is 46.6. The second kappa shape index (κ2) is 20.4. The fraction of sp³-hybridized carbons (Fsp3) is 0.571. The van der Waals surface area contributed by atoms with Crippen molar-refractivity contribution in [2.24, 2.45) is 0 Å². The van der Waals surface area contributed by atoms with E-state index in [0.29, 0.717) is 169 Å². The summed E-state index contributed by atoms with van der Waals surface area (Å²) in [6.07, 6.45) is 3.05. The first-order chi connectivity index (χ1) is 32.4. The summed E-state index contributed by atoms with van der Waals surface area (Å²) in [5, 5.41) is 4.29. The maximum atomic E-state index is 13.4. The summed E-state index contributed by atoms with van der Waals surface area (Å²) in [6.45, 7) is 16.1. The maximum absolute atomic E-state index is 13.4. The average Bonchev–Trinajstić information content (AvgIpc) is 4.08. The molecule has 10 rings (SSSR count). The van der Waals surface area contributed by atoms with Gasteiger partial charge in [0, 0.05) is 99.3 Å². The summed E-state index contributed by atoms with van der Waals surface area (Å²) in [7, 11) is 0. The van der Waals surface area contributed by atoms with Crippen LogP contribution in [0.25, 0.3) is 21.9 Å². The predicted molar refractivity (Wildman–Crippen MR) is 249 cm³/mol. The van der Waals surface area contributed by atoms with Crippen molar-refractivity contribution >= 4 is 51.6 Å². The van der Waals surface area contributed by atoms with Gasteiger partial charge in [0.15, 0.2) is 22.6 Å². The monoisotopic (exact) mass is 926 g/mol. The van der Waals surface area contributed by atoms with Crippen LogP contribution in [-0.2, 0) is 23.7 Å². The minimum absolute atomic E-state index is 0.0592. The van der Waals surface area contributed by atoms with E-state index < -0.39 is 11.7 Å². The second-order valence-electron chi connectivity index (χ2n) is 18.8. The van der Waals surface area contributed by atoms with Gasteiger partial charge in [-0.1, -0.05) is 0 Å². The molecule has 0 radical (unpaired) electrons. The fourth-order valence-corrected chi connectivity index (χ4v) is 9.65. The Balaban J connectivity index is 0.000000171. The second-order valence-corrected chi connectivity index (χ2v) is 18.8. The number of carbonyl (C=O) groups is 3. The van der Waals surface area contributed by atoms with Gasteiger partial charge in [0.1, 0.15) is 16.8 Å². The number of benzene rings is 2. The molecule has 360 valence electrons. The van der Waals surface area contributed by atoms with Crippen molar-refractivity contribution < 1.29 is 46.9 Å². The molecule has 18 heteroatoms. The van der Waals surface area contributed by atoms with Gasteiger partial charge in [0.2, 0.25) is 0 Å². The third kappa shape index (κ3) is 10.5. The van der Waals surface area contributed by atoms with Crippen molar-refractivity contribution in [3.8, 4) is 0 Å². The summed E-state index contributed by atoms with van der Waals surface area (Å²) in [4.78, 5) is 75.4. The van der Waals surface area contributed by atoms with E-state index in [0.717, 1.165) is 31.4 Å². The Morgan fingerprint density at radius 2 is 1.04 bits per heavy atom. The molecule has 4 aromatic rings. The highest BCUT2D eigenvalue weighted by Gasteiger charge is 2.36. The number of carbonyl (C=O) groups excluding carboxylic acids is 3. The molecule has 0 bridgehead atoms. The topological polar surface area (TPSA) is 186 Å². The molecule has 6 fully saturated rings. The van der Waals surface area contributed by atoms with E-state index in [2.05, 4.69) is 5.32 Å². The van der Waals surface area contributed by atoms with Crippen LogP contribution in [0.5, 0.6) is 0 Å². The van der Waals surface area contributed by atoms with Crippen molar-refractivity contribution in [3.63, 3.8) is 0 Å². The SMILES string of the molecule is CC(C)(C)OC(=O)N1CCCC1c1cc(C(=O)N2CCOCC2)cc2c(=O)cc(N3CCOCC3)oc12.O=C(c1cc(C2CCCN2)c2oc(N3CCOCC3)cc(=O)c2c1)N1CCOCC1. The lowest BCUT2D eigenvalue weighted by Gasteiger charge is -2.30. The smallest absolute Gasteiger partial charge is 0.410 e. The molecule has 1 N–H and O–H groups in total. The molecule has 0 aliphatic carbocycles. The number of rotatable bonds is 6. The van der Waals surface area contributed by atoms with E-state index in [-0.39, 0.29) is 34.8 Å². The van der Waals surface area contributed by atoms with Crippen molar-refractivity contribution in [3.05, 3.63) is 79.1 Å². The van der Waals surface area contributed by atoms with Gasteiger partial charge in [-0.2, -0.15) is 0 Å². The standard InChI is InChI=1S/C27H35N3O7.C22H27N3O5/c1-27(2,3)37-26(33)30-6-4-5-21(30)19-15-18(25(32)29-9-13-35-14-10-29)16-20-22(31)17-23(36-24(19)20)28-7-11-34-12-8-28;26-19-14-20(24-4-8-28-9-5-24)30-21-16(18-2-1-3-23-18)12-15(13-17(19)21)22(27)25-6-10-29-11-7-25/h15-17,21H,4-14H2,1-3H3;12-14,18,23H,1-11H2. The summed E-state index contributed by atoms with van der Waals surface area (Å²) in [5.74, 6) is 0.819. The molecular weight excluding hydrogens is 865 g/mol. The van der Waals surface area contributed by atoms with Crippen LogP contribution in [0.3, 0.4) is 0 Å². The third-order valence-corrected chi connectivity index (χ3v) is 13.1. The van der Waals surface area contributed by atoms with Crippen LogP contribution < -0.4 is 26.0 Å². The lowest BCUT2D eigenvalue weighted by molar-refractivity contribution is 0.0224. The number of ether oxygens (including phenoxy) is 5. The third-order valence-electron chi connectivity index (χ3n) is 13.1. The normalized spacial score (nSPS) is 21.7. The minimum atomic E-state index is -0.642. The number of nitrogens with zero attached hydrogens (tertiary/aromatic N) is 5. The fourth-order valence-electron chi connectivity index (χ4n) is 9.65. The van der Waals surface area contributed by atoms with E-state index in [1.807, 2.05) is 36.6 Å². The number of fused-ring (bicyclic) bond motifs is 2. The number of amides is 3. The Hall–Kier alpha value is -5.53. The number of likely N-dealkylation sites (tertiary alicyclic amines) is 1. The number of hydrogen-bond acceptors (Lipinski definition) is 15. The zero-order chi connectivity index (χ0) is 46.7. The molecule has 0 saturated carbocycles. The van der Waals surface area contributed by atoms with Gasteiger partial charge in [-0.05, 0) is 77.3 Å². The minimum Gasteiger partial charge on any atom is -0.444 e. The van der Waals surface area contributed by atoms with Crippen molar-refractivity contribution in [2.75, 3.05) is 128 Å². The van der Waals surface area contributed by atoms with Gasteiger partial charge >= 0.3 is 6.09 Å². The summed E-state index contributed by atoms with van der Waals surface area (Å²) >= 11 is 0. The van der Waals surface area contributed by atoms with Gasteiger partial charge in [-0.3, -0.25) is 19.2 Å². The van der Waals surface area contributed by atoms with E-state index in [1.165, 1.54) is 6.07 Å². The first-order valence-electron chi connectivity index (χ1n) is 23.8. The quantitative estimate of drug-likeness (QED) is 0.280. The lowest BCUT2D eigenvalue weighted by Crippen LogP contribution is -2.41. The Kier molecular flexibility index (Phi) is 14.2. The van der Waals surface area contributed by atoms with Crippen molar-refractivity contribution in [1.29, 1.82) is 0 Å². The summed E-state index contributed by atoms with van der Waals surface area (Å²) in [5.41, 5.74) is 2.52. The highest BCUT2D eigenvalue weighted by molar-refractivity contribution is 6.00. The molecule has 2 aromatic carbocycles. The zero-order valence-corrected chi connectivity index (χ0v) is 38.8. The van der Waals surface area contributed by atoms with E-state index in [9.17, 15) is 24.0 Å². The zero-order valence-electron chi connectivity index (χ0n) is 38.8. The summed E-state index contributed by atoms with van der Waals surface area (Å²) < 4.78 is 40.0. The molecule has 6 aliphatic heterocycles.